The van der Waals surface area contributed by atoms with Crippen molar-refractivity contribution in [3.05, 3.63) is 53.7 Å². The van der Waals surface area contributed by atoms with E-state index >= 15 is 0 Å². The number of nitrogen functional groups attached to an aromatic ring is 1. The minimum absolute atomic E-state index is 0.00629. The van der Waals surface area contributed by atoms with E-state index in [1.807, 2.05) is 30.3 Å². The number of anilines is 2. The highest BCUT2D eigenvalue weighted by atomic mass is 16.3. The second kappa shape index (κ2) is 6.57. The number of hydrogen-bond acceptors (Lipinski definition) is 6. The zero-order valence-corrected chi connectivity index (χ0v) is 14.0. The van der Waals surface area contributed by atoms with Crippen molar-refractivity contribution in [1.82, 2.24) is 19.7 Å². The van der Waals surface area contributed by atoms with Crippen molar-refractivity contribution >= 4 is 17.5 Å². The standard InChI is InChI=1S/C18H18N6O2/c19-16-13-10-15(26)24(11-12-4-2-1-3-5-12)18(13)21-17(20-16)14-6-7-23(22-14)8-9-25/h1-7,25H,8-11H2,(H2,19,20,21). The molecular weight excluding hydrogens is 332 g/mol. The lowest BCUT2D eigenvalue weighted by Crippen LogP contribution is -2.26. The number of nitrogens with two attached hydrogens (primary N) is 1. The lowest BCUT2D eigenvalue weighted by Gasteiger charge is -2.17. The van der Waals surface area contributed by atoms with Crippen LogP contribution in [-0.4, -0.2) is 37.4 Å². The molecule has 0 bridgehead atoms. The van der Waals surface area contributed by atoms with Gasteiger partial charge in [-0.1, -0.05) is 30.3 Å². The van der Waals surface area contributed by atoms with Gasteiger partial charge in [0.05, 0.1) is 26.1 Å². The van der Waals surface area contributed by atoms with Gasteiger partial charge in [-0.25, -0.2) is 9.97 Å². The van der Waals surface area contributed by atoms with Gasteiger partial charge in [0.2, 0.25) is 5.91 Å². The van der Waals surface area contributed by atoms with Gasteiger partial charge in [-0.3, -0.25) is 14.4 Å². The third kappa shape index (κ3) is 2.91. The minimum atomic E-state index is -0.0483. The molecule has 132 valence electrons. The summed E-state index contributed by atoms with van der Waals surface area (Å²) in [5.41, 5.74) is 8.31. The van der Waals surface area contributed by atoms with E-state index in [-0.39, 0.29) is 18.9 Å². The first-order valence-corrected chi connectivity index (χ1v) is 8.31. The third-order valence-corrected chi connectivity index (χ3v) is 4.28. The predicted octanol–water partition coefficient (Wildman–Crippen LogP) is 1.00. The number of carbonyl (C=O) groups excluding carboxylic acids is 1. The second-order valence-corrected chi connectivity index (χ2v) is 6.06. The molecule has 0 radical (unpaired) electrons. The van der Waals surface area contributed by atoms with E-state index in [9.17, 15) is 4.79 Å². The molecule has 2 aromatic heterocycles. The van der Waals surface area contributed by atoms with Crippen molar-refractivity contribution in [2.45, 2.75) is 19.5 Å². The molecule has 0 saturated heterocycles. The largest absolute Gasteiger partial charge is 0.394 e. The maximum Gasteiger partial charge on any atom is 0.233 e. The fourth-order valence-corrected chi connectivity index (χ4v) is 3.00. The second-order valence-electron chi connectivity index (χ2n) is 6.06. The number of benzene rings is 1. The molecule has 0 spiro atoms. The van der Waals surface area contributed by atoms with Gasteiger partial charge in [0.1, 0.15) is 17.3 Å². The van der Waals surface area contributed by atoms with Gasteiger partial charge >= 0.3 is 0 Å². The number of amides is 1. The number of aliphatic hydroxyl groups excluding tert-OH is 1. The Balaban J connectivity index is 1.71. The first-order valence-electron chi connectivity index (χ1n) is 8.31. The van der Waals surface area contributed by atoms with Crippen LogP contribution in [0.25, 0.3) is 11.5 Å². The Morgan fingerprint density at radius 2 is 1.96 bits per heavy atom. The zero-order chi connectivity index (χ0) is 18.1. The van der Waals surface area contributed by atoms with Crippen LogP contribution < -0.4 is 10.6 Å². The fourth-order valence-electron chi connectivity index (χ4n) is 3.00. The van der Waals surface area contributed by atoms with E-state index in [1.54, 1.807) is 21.8 Å². The summed E-state index contributed by atoms with van der Waals surface area (Å²) in [4.78, 5) is 23.0. The van der Waals surface area contributed by atoms with Crippen molar-refractivity contribution < 1.29 is 9.90 Å². The van der Waals surface area contributed by atoms with E-state index in [0.29, 0.717) is 41.8 Å². The van der Waals surface area contributed by atoms with Crippen LogP contribution in [0, 0.1) is 0 Å². The number of carbonyl (C=O) groups is 1. The average Bonchev–Trinajstić information content (AvgIpc) is 3.22. The summed E-state index contributed by atoms with van der Waals surface area (Å²) in [7, 11) is 0. The smallest absolute Gasteiger partial charge is 0.233 e. The van der Waals surface area contributed by atoms with Gasteiger partial charge in [-0.2, -0.15) is 5.10 Å². The SMILES string of the molecule is Nc1nc(-c2ccn(CCO)n2)nc2c1CC(=O)N2Cc1ccccc1. The Bertz CT molecular complexity index is 954. The molecule has 4 rings (SSSR count). The third-order valence-electron chi connectivity index (χ3n) is 4.28. The molecule has 0 saturated carbocycles. The van der Waals surface area contributed by atoms with Crippen LogP contribution in [0.5, 0.6) is 0 Å². The van der Waals surface area contributed by atoms with Crippen molar-refractivity contribution in [3.63, 3.8) is 0 Å². The first kappa shape index (κ1) is 16.2. The number of aliphatic hydroxyl groups is 1. The Morgan fingerprint density at radius 1 is 1.15 bits per heavy atom. The molecule has 3 N–H and O–H groups in total. The monoisotopic (exact) mass is 350 g/mol. The van der Waals surface area contributed by atoms with Gasteiger partial charge in [0.15, 0.2) is 5.82 Å². The van der Waals surface area contributed by atoms with Crippen LogP contribution in [0.3, 0.4) is 0 Å². The molecule has 3 aromatic rings. The Kier molecular flexibility index (Phi) is 4.10. The van der Waals surface area contributed by atoms with Gasteiger partial charge in [0, 0.05) is 11.8 Å². The molecule has 0 atom stereocenters. The van der Waals surface area contributed by atoms with E-state index < -0.39 is 0 Å². The first-order chi connectivity index (χ1) is 12.7. The Morgan fingerprint density at radius 3 is 2.73 bits per heavy atom. The minimum Gasteiger partial charge on any atom is -0.394 e. The van der Waals surface area contributed by atoms with E-state index in [4.69, 9.17) is 10.8 Å². The summed E-state index contributed by atoms with van der Waals surface area (Å²) in [6, 6.07) is 11.5. The van der Waals surface area contributed by atoms with E-state index in [0.717, 1.165) is 5.56 Å². The van der Waals surface area contributed by atoms with Crippen molar-refractivity contribution in [1.29, 1.82) is 0 Å². The van der Waals surface area contributed by atoms with Crippen LogP contribution in [0.15, 0.2) is 42.6 Å². The van der Waals surface area contributed by atoms with Crippen molar-refractivity contribution in [3.8, 4) is 11.5 Å². The van der Waals surface area contributed by atoms with Crippen LogP contribution in [0.1, 0.15) is 11.1 Å². The van der Waals surface area contributed by atoms with Crippen LogP contribution in [0.2, 0.25) is 0 Å². The predicted molar refractivity (Wildman–Crippen MR) is 96.1 cm³/mol. The maximum absolute atomic E-state index is 12.5. The van der Waals surface area contributed by atoms with Crippen LogP contribution in [0.4, 0.5) is 11.6 Å². The summed E-state index contributed by atoms with van der Waals surface area (Å²) in [5, 5.41) is 13.4. The topological polar surface area (TPSA) is 110 Å². The number of rotatable bonds is 5. The van der Waals surface area contributed by atoms with E-state index in [2.05, 4.69) is 15.1 Å². The highest BCUT2D eigenvalue weighted by molar-refractivity contribution is 6.01. The van der Waals surface area contributed by atoms with Crippen LogP contribution >= 0.6 is 0 Å². The molecule has 0 unspecified atom stereocenters. The molecule has 0 aliphatic carbocycles. The maximum atomic E-state index is 12.5. The highest BCUT2D eigenvalue weighted by Gasteiger charge is 2.32. The molecule has 0 fully saturated rings. The molecular formula is C18H18N6O2. The lowest BCUT2D eigenvalue weighted by atomic mass is 10.2. The lowest BCUT2D eigenvalue weighted by molar-refractivity contribution is -0.117. The van der Waals surface area contributed by atoms with E-state index in [1.165, 1.54) is 0 Å². The van der Waals surface area contributed by atoms with Gasteiger partial charge in [-0.05, 0) is 11.6 Å². The van der Waals surface area contributed by atoms with Gasteiger partial charge in [0.25, 0.3) is 0 Å². The molecule has 3 heterocycles. The number of fused-ring (bicyclic) bond motifs is 1. The number of nitrogens with zero attached hydrogens (tertiary/aromatic N) is 5. The summed E-state index contributed by atoms with van der Waals surface area (Å²) >= 11 is 0. The molecule has 1 amide bonds. The summed E-state index contributed by atoms with van der Waals surface area (Å²) in [6.07, 6.45) is 1.94. The molecule has 8 nitrogen and oxygen atoms in total. The van der Waals surface area contributed by atoms with Crippen molar-refractivity contribution in [2.24, 2.45) is 0 Å². The molecule has 1 aliphatic heterocycles. The zero-order valence-electron chi connectivity index (χ0n) is 14.0. The van der Waals surface area contributed by atoms with Gasteiger partial charge in [-0.15, -0.1) is 0 Å². The number of aromatic nitrogens is 4. The summed E-state index contributed by atoms with van der Waals surface area (Å²) < 4.78 is 1.61. The molecule has 8 heteroatoms. The summed E-state index contributed by atoms with van der Waals surface area (Å²) in [6.45, 7) is 0.814. The Labute approximate surface area is 149 Å². The normalized spacial score (nSPS) is 13.3. The molecule has 1 aromatic carbocycles. The molecule has 1 aliphatic rings. The van der Waals surface area contributed by atoms with Crippen LogP contribution in [-0.2, 0) is 24.3 Å². The summed E-state index contributed by atoms with van der Waals surface area (Å²) in [5.74, 6) is 1.15. The molecule has 26 heavy (non-hydrogen) atoms. The average molecular weight is 350 g/mol. The quantitative estimate of drug-likeness (QED) is 0.710. The van der Waals surface area contributed by atoms with Gasteiger partial charge < -0.3 is 10.8 Å². The highest BCUT2D eigenvalue weighted by Crippen LogP contribution is 2.33. The fraction of sp³-hybridized carbons (Fsp3) is 0.222. The number of hydrogen-bond donors (Lipinski definition) is 2. The Hall–Kier alpha value is -3.26. The van der Waals surface area contributed by atoms with Crippen molar-refractivity contribution in [2.75, 3.05) is 17.2 Å².